The van der Waals surface area contributed by atoms with Gasteiger partial charge in [0, 0.05) is 50.9 Å². The first-order chi connectivity index (χ1) is 13.6. The highest BCUT2D eigenvalue weighted by Gasteiger charge is 2.27. The Morgan fingerprint density at radius 1 is 1.29 bits per heavy atom. The van der Waals surface area contributed by atoms with E-state index in [2.05, 4.69) is 34.7 Å². The maximum atomic E-state index is 12.8. The van der Waals surface area contributed by atoms with Crippen molar-refractivity contribution >= 4 is 5.91 Å². The number of hydrogen-bond acceptors (Lipinski definition) is 4. The van der Waals surface area contributed by atoms with Crippen molar-refractivity contribution in [3.8, 4) is 5.75 Å². The molecule has 152 valence electrons. The molecule has 0 radical (unpaired) electrons. The van der Waals surface area contributed by atoms with Crippen LogP contribution in [0, 0.1) is 0 Å². The molecular weight excluding hydrogens is 352 g/mol. The van der Waals surface area contributed by atoms with Gasteiger partial charge in [-0.05, 0) is 51.1 Å². The van der Waals surface area contributed by atoms with Crippen molar-refractivity contribution < 1.29 is 9.53 Å². The Morgan fingerprint density at radius 3 is 2.79 bits per heavy atom. The van der Waals surface area contributed by atoms with Crippen molar-refractivity contribution in [2.45, 2.75) is 38.1 Å². The number of ether oxygens (including phenoxy) is 1. The van der Waals surface area contributed by atoms with Crippen LogP contribution in [0.15, 0.2) is 36.7 Å². The highest BCUT2D eigenvalue weighted by molar-refractivity contribution is 5.76. The lowest BCUT2D eigenvalue weighted by atomic mass is 9.96. The number of methoxy groups -OCH3 is 1. The van der Waals surface area contributed by atoms with Crippen LogP contribution in [-0.2, 0) is 17.8 Å². The second-order valence-corrected chi connectivity index (χ2v) is 7.81. The summed E-state index contributed by atoms with van der Waals surface area (Å²) in [5.74, 6) is 2.54. The Hall–Kier alpha value is -2.34. The van der Waals surface area contributed by atoms with E-state index in [0.29, 0.717) is 12.3 Å². The smallest absolute Gasteiger partial charge is 0.222 e. The number of carbonyl (C=O) groups is 1. The number of amides is 1. The summed E-state index contributed by atoms with van der Waals surface area (Å²) in [4.78, 5) is 21.6. The molecule has 6 heteroatoms. The molecule has 1 saturated heterocycles. The molecule has 1 amide bonds. The number of carbonyl (C=O) groups excluding carboxylic acids is 1. The predicted octanol–water partition coefficient (Wildman–Crippen LogP) is 2.79. The SMILES string of the molecule is COc1ccc(CCC(=O)N2CCCC(c3nccn3CCN(C)C)C2)cc1. The van der Waals surface area contributed by atoms with Crippen molar-refractivity contribution in [3.05, 3.63) is 48.0 Å². The lowest BCUT2D eigenvalue weighted by Gasteiger charge is -2.33. The molecule has 1 aromatic heterocycles. The molecule has 2 heterocycles. The van der Waals surface area contributed by atoms with Crippen LogP contribution in [0.3, 0.4) is 0 Å². The van der Waals surface area contributed by atoms with Gasteiger partial charge in [0.1, 0.15) is 11.6 Å². The Balaban J connectivity index is 1.55. The quantitative estimate of drug-likeness (QED) is 0.702. The monoisotopic (exact) mass is 384 g/mol. The third-order valence-corrected chi connectivity index (χ3v) is 5.46. The summed E-state index contributed by atoms with van der Waals surface area (Å²) in [6.45, 7) is 3.56. The standard InChI is InChI=1S/C22H32N4O2/c1-24(2)15-16-25-14-12-23-22(25)19-5-4-13-26(17-19)21(27)11-8-18-6-9-20(28-3)10-7-18/h6-7,9-10,12,14,19H,4-5,8,11,13,15-17H2,1-3H3. The van der Waals surface area contributed by atoms with E-state index in [1.807, 2.05) is 35.4 Å². The predicted molar refractivity (Wildman–Crippen MR) is 111 cm³/mol. The number of piperidine rings is 1. The summed E-state index contributed by atoms with van der Waals surface area (Å²) in [5.41, 5.74) is 1.17. The number of imidazole rings is 1. The number of nitrogens with zero attached hydrogens (tertiary/aromatic N) is 4. The van der Waals surface area contributed by atoms with Crippen molar-refractivity contribution in [1.29, 1.82) is 0 Å². The molecule has 0 aliphatic carbocycles. The number of aromatic nitrogens is 2. The van der Waals surface area contributed by atoms with E-state index < -0.39 is 0 Å². The van der Waals surface area contributed by atoms with Crippen molar-refractivity contribution in [2.24, 2.45) is 0 Å². The molecule has 1 unspecified atom stereocenters. The molecule has 0 bridgehead atoms. The Morgan fingerprint density at radius 2 is 2.07 bits per heavy atom. The van der Waals surface area contributed by atoms with Gasteiger partial charge in [0.15, 0.2) is 0 Å². The minimum absolute atomic E-state index is 0.243. The molecule has 3 rings (SSSR count). The van der Waals surface area contributed by atoms with Crippen LogP contribution in [-0.4, -0.2) is 66.1 Å². The summed E-state index contributed by atoms with van der Waals surface area (Å²) in [7, 11) is 5.83. The lowest BCUT2D eigenvalue weighted by Crippen LogP contribution is -2.40. The lowest BCUT2D eigenvalue weighted by molar-refractivity contribution is -0.132. The van der Waals surface area contributed by atoms with Crippen LogP contribution in [0.4, 0.5) is 0 Å². The van der Waals surface area contributed by atoms with Gasteiger partial charge in [0.05, 0.1) is 7.11 Å². The van der Waals surface area contributed by atoms with Crippen molar-refractivity contribution in [3.63, 3.8) is 0 Å². The fourth-order valence-corrected chi connectivity index (χ4v) is 3.79. The number of hydrogen-bond donors (Lipinski definition) is 0. The molecule has 28 heavy (non-hydrogen) atoms. The van der Waals surface area contributed by atoms with E-state index >= 15 is 0 Å². The maximum absolute atomic E-state index is 12.8. The topological polar surface area (TPSA) is 50.6 Å². The van der Waals surface area contributed by atoms with E-state index in [-0.39, 0.29) is 5.91 Å². The average Bonchev–Trinajstić information content (AvgIpc) is 3.19. The van der Waals surface area contributed by atoms with E-state index in [0.717, 1.165) is 57.0 Å². The van der Waals surface area contributed by atoms with Gasteiger partial charge >= 0.3 is 0 Å². The van der Waals surface area contributed by atoms with E-state index in [4.69, 9.17) is 4.74 Å². The molecule has 6 nitrogen and oxygen atoms in total. The highest BCUT2D eigenvalue weighted by Crippen LogP contribution is 2.26. The van der Waals surface area contributed by atoms with Gasteiger partial charge < -0.3 is 19.1 Å². The Bertz CT molecular complexity index is 754. The van der Waals surface area contributed by atoms with Gasteiger partial charge in [0.25, 0.3) is 0 Å². The molecule has 1 aromatic carbocycles. The van der Waals surface area contributed by atoms with Crippen molar-refractivity contribution in [2.75, 3.05) is 40.8 Å². The number of rotatable bonds is 8. The summed E-state index contributed by atoms with van der Waals surface area (Å²) in [6, 6.07) is 7.97. The highest BCUT2D eigenvalue weighted by atomic mass is 16.5. The van der Waals surface area contributed by atoms with Gasteiger partial charge in [-0.3, -0.25) is 4.79 Å². The third-order valence-electron chi connectivity index (χ3n) is 5.46. The minimum atomic E-state index is 0.243. The molecule has 1 aliphatic rings. The molecule has 1 atom stereocenters. The first-order valence-corrected chi connectivity index (χ1v) is 10.1. The van der Waals surface area contributed by atoms with Gasteiger partial charge in [-0.25, -0.2) is 4.98 Å². The molecule has 2 aromatic rings. The summed E-state index contributed by atoms with van der Waals surface area (Å²) < 4.78 is 7.44. The van der Waals surface area contributed by atoms with Crippen LogP contribution >= 0.6 is 0 Å². The molecule has 1 aliphatic heterocycles. The van der Waals surface area contributed by atoms with Crippen LogP contribution in [0.5, 0.6) is 5.75 Å². The molecule has 0 saturated carbocycles. The second kappa shape index (κ2) is 9.73. The zero-order valence-corrected chi connectivity index (χ0v) is 17.3. The van der Waals surface area contributed by atoms with E-state index in [1.54, 1.807) is 7.11 Å². The number of likely N-dealkylation sites (tertiary alicyclic amines) is 1. The van der Waals surface area contributed by atoms with E-state index in [1.165, 1.54) is 5.56 Å². The van der Waals surface area contributed by atoms with Crippen LogP contribution < -0.4 is 4.74 Å². The minimum Gasteiger partial charge on any atom is -0.497 e. The number of benzene rings is 1. The van der Waals surface area contributed by atoms with Gasteiger partial charge in [0.2, 0.25) is 5.91 Å². The van der Waals surface area contributed by atoms with Crippen molar-refractivity contribution in [1.82, 2.24) is 19.4 Å². The van der Waals surface area contributed by atoms with Crippen LogP contribution in [0.25, 0.3) is 0 Å². The summed E-state index contributed by atoms with van der Waals surface area (Å²) in [5, 5.41) is 0. The summed E-state index contributed by atoms with van der Waals surface area (Å²) >= 11 is 0. The first-order valence-electron chi connectivity index (χ1n) is 10.1. The van der Waals surface area contributed by atoms with Gasteiger partial charge in [-0.15, -0.1) is 0 Å². The fourth-order valence-electron chi connectivity index (χ4n) is 3.79. The molecular formula is C22H32N4O2. The third kappa shape index (κ3) is 5.35. The first kappa shape index (κ1) is 20.4. The second-order valence-electron chi connectivity index (χ2n) is 7.81. The molecule has 1 fully saturated rings. The number of aryl methyl sites for hydroxylation is 1. The summed E-state index contributed by atoms with van der Waals surface area (Å²) in [6.07, 6.45) is 7.40. The molecule has 0 spiro atoms. The number of likely N-dealkylation sites (N-methyl/N-ethyl adjacent to an activating group) is 1. The van der Waals surface area contributed by atoms with Crippen LogP contribution in [0.2, 0.25) is 0 Å². The average molecular weight is 385 g/mol. The van der Waals surface area contributed by atoms with Gasteiger partial charge in [-0.2, -0.15) is 0 Å². The zero-order chi connectivity index (χ0) is 19.9. The maximum Gasteiger partial charge on any atom is 0.222 e. The van der Waals surface area contributed by atoms with Crippen LogP contribution in [0.1, 0.15) is 36.6 Å². The van der Waals surface area contributed by atoms with E-state index in [9.17, 15) is 4.79 Å². The molecule has 0 N–H and O–H groups in total. The normalized spacial score (nSPS) is 17.1. The fraction of sp³-hybridized carbons (Fsp3) is 0.545. The Labute approximate surface area is 168 Å². The Kier molecular flexibility index (Phi) is 7.09. The zero-order valence-electron chi connectivity index (χ0n) is 17.3. The largest absolute Gasteiger partial charge is 0.497 e. The van der Waals surface area contributed by atoms with Gasteiger partial charge in [-0.1, -0.05) is 12.1 Å².